The lowest BCUT2D eigenvalue weighted by Gasteiger charge is -2.57. The molecule has 4 N–H and O–H groups in total. The number of amides is 2. The molecule has 1 aliphatic heterocycles. The molecule has 1 spiro atoms. The summed E-state index contributed by atoms with van der Waals surface area (Å²) in [6.07, 6.45) is 6.07. The zero-order valence-corrected chi connectivity index (χ0v) is 18.1. The molecule has 3 aromatic rings. The van der Waals surface area contributed by atoms with Crippen molar-refractivity contribution in [3.8, 4) is 5.88 Å². The van der Waals surface area contributed by atoms with Crippen LogP contribution in [0.25, 0.3) is 10.9 Å². The maximum Gasteiger partial charge on any atom is 0.254 e. The second-order valence-electron chi connectivity index (χ2n) is 9.51. The second-order valence-corrected chi connectivity index (χ2v) is 9.51. The van der Waals surface area contributed by atoms with Crippen molar-refractivity contribution in [3.63, 3.8) is 0 Å². The molecule has 33 heavy (non-hydrogen) atoms. The minimum atomic E-state index is -0.542. The number of nitrogens with one attached hydrogen (secondary N) is 2. The van der Waals surface area contributed by atoms with Crippen molar-refractivity contribution in [1.29, 1.82) is 0 Å². The average molecular weight is 447 g/mol. The number of fused-ring (bicyclic) bond motifs is 2. The molecule has 2 saturated carbocycles. The molecule has 170 valence electrons. The highest BCUT2D eigenvalue weighted by Crippen LogP contribution is 2.56. The molecule has 0 bridgehead atoms. The summed E-state index contributed by atoms with van der Waals surface area (Å²) in [6.45, 7) is 1.06. The Labute approximate surface area is 190 Å². The van der Waals surface area contributed by atoms with E-state index in [-0.39, 0.29) is 23.5 Å². The van der Waals surface area contributed by atoms with Crippen molar-refractivity contribution in [1.82, 2.24) is 20.5 Å². The van der Waals surface area contributed by atoms with E-state index in [4.69, 9.17) is 15.2 Å². The summed E-state index contributed by atoms with van der Waals surface area (Å²) in [6, 6.07) is 7.45. The fourth-order valence-corrected chi connectivity index (χ4v) is 5.45. The van der Waals surface area contributed by atoms with Gasteiger partial charge in [-0.2, -0.15) is 5.10 Å². The molecule has 0 unspecified atom stereocenters. The first-order chi connectivity index (χ1) is 16.0. The first-order valence-electron chi connectivity index (χ1n) is 11.3. The smallest absolute Gasteiger partial charge is 0.254 e. The third-order valence-corrected chi connectivity index (χ3v) is 7.16. The summed E-state index contributed by atoms with van der Waals surface area (Å²) < 4.78 is 11.6. The standard InChI is InChI=1S/C24H25N5O4/c25-21(30)18-6-15-12-32-4-3-19(15)28-23(18)33-17-9-24(10-17)7-16(8-24)27-22(31)13-1-2-20-14(5-13)11-26-29-20/h1-2,5-6,11,16-17H,3-4,7-10,12H2,(H2,25,30)(H,26,29)(H,27,31)/t16-,17-,24?. The van der Waals surface area contributed by atoms with Gasteiger partial charge in [0.25, 0.3) is 11.8 Å². The number of hydrogen-bond acceptors (Lipinski definition) is 6. The summed E-state index contributed by atoms with van der Waals surface area (Å²) >= 11 is 0. The van der Waals surface area contributed by atoms with Gasteiger partial charge in [0.15, 0.2) is 0 Å². The number of aromatic nitrogens is 3. The van der Waals surface area contributed by atoms with Crippen LogP contribution in [-0.4, -0.2) is 45.7 Å². The molecule has 2 aliphatic carbocycles. The molecule has 3 heterocycles. The second kappa shape index (κ2) is 7.55. The molecule has 1 aromatic carbocycles. The molecule has 0 radical (unpaired) electrons. The summed E-state index contributed by atoms with van der Waals surface area (Å²) in [5, 5.41) is 10.9. The first kappa shape index (κ1) is 20.2. The molecule has 9 nitrogen and oxygen atoms in total. The van der Waals surface area contributed by atoms with E-state index in [1.165, 1.54) is 0 Å². The molecule has 2 fully saturated rings. The van der Waals surface area contributed by atoms with E-state index >= 15 is 0 Å². The van der Waals surface area contributed by atoms with Gasteiger partial charge in [-0.15, -0.1) is 0 Å². The van der Waals surface area contributed by atoms with Gasteiger partial charge in [0.2, 0.25) is 5.88 Å². The minimum Gasteiger partial charge on any atom is -0.474 e. The Kier molecular flexibility index (Phi) is 4.62. The molecule has 6 rings (SSSR count). The van der Waals surface area contributed by atoms with E-state index in [9.17, 15) is 9.59 Å². The van der Waals surface area contributed by atoms with Crippen LogP contribution in [0.5, 0.6) is 5.88 Å². The lowest BCUT2D eigenvalue weighted by atomic mass is 9.53. The number of carbonyl (C=O) groups is 2. The molecule has 9 heteroatoms. The number of ether oxygens (including phenoxy) is 2. The van der Waals surface area contributed by atoms with Gasteiger partial charge in [0, 0.05) is 29.0 Å². The molecule has 2 amide bonds. The van der Waals surface area contributed by atoms with Crippen molar-refractivity contribution < 1.29 is 19.1 Å². The average Bonchev–Trinajstić information content (AvgIpc) is 3.23. The van der Waals surface area contributed by atoms with E-state index in [1.807, 2.05) is 18.2 Å². The lowest BCUT2D eigenvalue weighted by molar-refractivity contribution is -0.0849. The maximum absolute atomic E-state index is 12.6. The van der Waals surface area contributed by atoms with Crippen LogP contribution in [0.4, 0.5) is 0 Å². The van der Waals surface area contributed by atoms with Crippen molar-refractivity contribution in [2.75, 3.05) is 6.61 Å². The highest BCUT2D eigenvalue weighted by Gasteiger charge is 2.54. The molecule has 3 aliphatic rings. The summed E-state index contributed by atoms with van der Waals surface area (Å²) in [5.74, 6) is -0.264. The van der Waals surface area contributed by atoms with Crippen LogP contribution in [0.1, 0.15) is 57.7 Å². The number of benzene rings is 1. The number of H-pyrrole nitrogens is 1. The Bertz CT molecular complexity index is 1250. The molecule has 2 aromatic heterocycles. The van der Waals surface area contributed by atoms with Crippen LogP contribution in [0.2, 0.25) is 0 Å². The number of hydrogen-bond donors (Lipinski definition) is 3. The van der Waals surface area contributed by atoms with Crippen LogP contribution in [0.15, 0.2) is 30.5 Å². The van der Waals surface area contributed by atoms with Crippen molar-refractivity contribution in [2.45, 2.75) is 50.9 Å². The van der Waals surface area contributed by atoms with Crippen LogP contribution >= 0.6 is 0 Å². The van der Waals surface area contributed by atoms with Gasteiger partial charge in [0.05, 0.1) is 30.6 Å². The molecular weight excluding hydrogens is 422 g/mol. The highest BCUT2D eigenvalue weighted by molar-refractivity contribution is 5.98. The number of aromatic amines is 1. The van der Waals surface area contributed by atoms with Gasteiger partial charge >= 0.3 is 0 Å². The summed E-state index contributed by atoms with van der Waals surface area (Å²) in [7, 11) is 0. The normalized spacial score (nSPS) is 25.7. The van der Waals surface area contributed by atoms with Gasteiger partial charge in [-0.25, -0.2) is 4.98 Å². The monoisotopic (exact) mass is 447 g/mol. The van der Waals surface area contributed by atoms with Gasteiger partial charge in [-0.05, 0) is 55.4 Å². The first-order valence-corrected chi connectivity index (χ1v) is 11.3. The number of nitrogens with zero attached hydrogens (tertiary/aromatic N) is 2. The largest absolute Gasteiger partial charge is 0.474 e. The maximum atomic E-state index is 12.6. The molecular formula is C24H25N5O4. The van der Waals surface area contributed by atoms with Crippen LogP contribution < -0.4 is 15.8 Å². The zero-order chi connectivity index (χ0) is 22.6. The number of carbonyl (C=O) groups excluding carboxylic acids is 2. The Morgan fingerprint density at radius 1 is 1.21 bits per heavy atom. The number of primary amides is 1. The topological polar surface area (TPSA) is 132 Å². The van der Waals surface area contributed by atoms with Gasteiger partial charge < -0.3 is 20.5 Å². The van der Waals surface area contributed by atoms with Crippen LogP contribution in [0.3, 0.4) is 0 Å². The quantitative estimate of drug-likeness (QED) is 0.550. The third kappa shape index (κ3) is 3.62. The minimum absolute atomic E-state index is 0.00800. The number of rotatable bonds is 5. The van der Waals surface area contributed by atoms with E-state index in [1.54, 1.807) is 12.3 Å². The van der Waals surface area contributed by atoms with Crippen molar-refractivity contribution in [3.05, 3.63) is 52.8 Å². The summed E-state index contributed by atoms with van der Waals surface area (Å²) in [4.78, 5) is 29.1. The van der Waals surface area contributed by atoms with Crippen molar-refractivity contribution >= 4 is 22.7 Å². The molecule has 0 atom stereocenters. The van der Waals surface area contributed by atoms with E-state index < -0.39 is 5.91 Å². The van der Waals surface area contributed by atoms with Crippen molar-refractivity contribution in [2.24, 2.45) is 11.1 Å². The van der Waals surface area contributed by atoms with E-state index in [0.29, 0.717) is 36.6 Å². The van der Waals surface area contributed by atoms with Gasteiger partial charge in [0.1, 0.15) is 11.7 Å². The molecule has 0 saturated heterocycles. The Balaban J connectivity index is 1.05. The lowest BCUT2D eigenvalue weighted by Crippen LogP contribution is -2.58. The third-order valence-electron chi connectivity index (χ3n) is 7.16. The van der Waals surface area contributed by atoms with Crippen LogP contribution in [0, 0.1) is 5.41 Å². The predicted molar refractivity (Wildman–Crippen MR) is 119 cm³/mol. The fraction of sp³-hybridized carbons (Fsp3) is 0.417. The van der Waals surface area contributed by atoms with Crippen LogP contribution in [-0.2, 0) is 17.8 Å². The fourth-order valence-electron chi connectivity index (χ4n) is 5.45. The zero-order valence-electron chi connectivity index (χ0n) is 18.1. The number of nitrogens with two attached hydrogens (primary N) is 1. The van der Waals surface area contributed by atoms with E-state index in [2.05, 4.69) is 20.5 Å². The summed E-state index contributed by atoms with van der Waals surface area (Å²) in [5.41, 5.74) is 9.45. The Morgan fingerprint density at radius 3 is 2.88 bits per heavy atom. The predicted octanol–water partition coefficient (Wildman–Crippen LogP) is 2.25. The highest BCUT2D eigenvalue weighted by atomic mass is 16.5. The van der Waals surface area contributed by atoms with Gasteiger partial charge in [-0.3, -0.25) is 14.7 Å². The SMILES string of the molecule is NC(=O)c1cc2c(nc1O[C@H]1CC3(C[C@H](NC(=O)c4ccc5[nH]ncc5c4)C3)C1)CCOC2. The Morgan fingerprint density at radius 2 is 2.06 bits per heavy atom. The van der Waals surface area contributed by atoms with E-state index in [0.717, 1.165) is 47.8 Å². The number of pyridine rings is 1. The Hall–Kier alpha value is -3.46. The van der Waals surface area contributed by atoms with Gasteiger partial charge in [-0.1, -0.05) is 0 Å².